The second-order valence-corrected chi connectivity index (χ2v) is 5.80. The van der Waals surface area contributed by atoms with E-state index in [0.717, 1.165) is 12.1 Å². The zero-order valence-corrected chi connectivity index (χ0v) is 11.8. The SMILES string of the molecule is CN(Cc1ccc(C(F)(F)F)cc1F)CC(C)(C)CO. The van der Waals surface area contributed by atoms with Crippen LogP contribution < -0.4 is 0 Å². The third-order valence-corrected chi connectivity index (χ3v) is 2.95. The van der Waals surface area contributed by atoms with Crippen molar-refractivity contribution in [2.45, 2.75) is 26.6 Å². The molecule has 0 saturated carbocycles. The molecule has 2 nitrogen and oxygen atoms in total. The minimum atomic E-state index is -4.54. The van der Waals surface area contributed by atoms with E-state index in [1.54, 1.807) is 11.9 Å². The number of benzene rings is 1. The summed E-state index contributed by atoms with van der Waals surface area (Å²) < 4.78 is 51.0. The van der Waals surface area contributed by atoms with E-state index in [1.165, 1.54) is 0 Å². The molecular weight excluding hydrogens is 274 g/mol. The van der Waals surface area contributed by atoms with Crippen molar-refractivity contribution in [1.29, 1.82) is 0 Å². The molecule has 0 atom stereocenters. The fourth-order valence-electron chi connectivity index (χ4n) is 1.98. The maximum atomic E-state index is 13.7. The molecule has 20 heavy (non-hydrogen) atoms. The quantitative estimate of drug-likeness (QED) is 0.842. The van der Waals surface area contributed by atoms with Crippen LogP contribution in [0.1, 0.15) is 25.0 Å². The lowest BCUT2D eigenvalue weighted by molar-refractivity contribution is -0.137. The average molecular weight is 293 g/mol. The van der Waals surface area contributed by atoms with Crippen LogP contribution in [0.25, 0.3) is 0 Å². The van der Waals surface area contributed by atoms with Crippen LogP contribution in [0.15, 0.2) is 18.2 Å². The zero-order valence-electron chi connectivity index (χ0n) is 11.8. The lowest BCUT2D eigenvalue weighted by atomic mass is 9.94. The molecule has 1 aromatic carbocycles. The Hall–Kier alpha value is -1.14. The molecule has 0 amide bonds. The molecular formula is C14H19F4NO. The minimum absolute atomic E-state index is 0.0210. The number of halogens is 4. The van der Waals surface area contributed by atoms with E-state index in [-0.39, 0.29) is 24.1 Å². The van der Waals surface area contributed by atoms with Crippen LogP contribution in [-0.4, -0.2) is 30.2 Å². The maximum Gasteiger partial charge on any atom is 0.416 e. The predicted octanol–water partition coefficient (Wildman–Crippen LogP) is 3.29. The zero-order chi connectivity index (χ0) is 15.6. The molecule has 0 aliphatic rings. The van der Waals surface area contributed by atoms with Gasteiger partial charge in [0.05, 0.1) is 5.56 Å². The van der Waals surface area contributed by atoms with Gasteiger partial charge in [0.2, 0.25) is 0 Å². The van der Waals surface area contributed by atoms with Crippen LogP contribution in [0.3, 0.4) is 0 Å². The van der Waals surface area contributed by atoms with Crippen molar-refractivity contribution in [3.05, 3.63) is 35.1 Å². The smallest absolute Gasteiger partial charge is 0.396 e. The fourth-order valence-corrected chi connectivity index (χ4v) is 1.98. The van der Waals surface area contributed by atoms with E-state index in [0.29, 0.717) is 12.6 Å². The van der Waals surface area contributed by atoms with Crippen molar-refractivity contribution in [3.63, 3.8) is 0 Å². The Kier molecular flexibility index (Phi) is 5.15. The van der Waals surface area contributed by atoms with Crippen LogP contribution in [-0.2, 0) is 12.7 Å². The topological polar surface area (TPSA) is 23.5 Å². The summed E-state index contributed by atoms with van der Waals surface area (Å²) in [6.07, 6.45) is -4.54. The van der Waals surface area contributed by atoms with Gasteiger partial charge in [0.1, 0.15) is 5.82 Å². The van der Waals surface area contributed by atoms with Crippen LogP contribution >= 0.6 is 0 Å². The first-order chi connectivity index (χ1) is 9.05. The Morgan fingerprint density at radius 1 is 1.20 bits per heavy atom. The first-order valence-electron chi connectivity index (χ1n) is 6.20. The minimum Gasteiger partial charge on any atom is -0.396 e. The second kappa shape index (κ2) is 6.10. The molecule has 114 valence electrons. The van der Waals surface area contributed by atoms with E-state index >= 15 is 0 Å². The molecule has 0 saturated heterocycles. The van der Waals surface area contributed by atoms with Gasteiger partial charge in [-0.15, -0.1) is 0 Å². The standard InChI is InChI=1S/C14H19F4NO/c1-13(2,9-20)8-19(3)7-10-4-5-11(6-12(10)15)14(16,17)18/h4-6,20H,7-9H2,1-3H3. The molecule has 0 bridgehead atoms. The maximum absolute atomic E-state index is 13.7. The highest BCUT2D eigenvalue weighted by atomic mass is 19.4. The molecule has 0 aromatic heterocycles. The third-order valence-electron chi connectivity index (χ3n) is 2.95. The van der Waals surface area contributed by atoms with Gasteiger partial charge in [-0.3, -0.25) is 0 Å². The first kappa shape index (κ1) is 16.9. The highest BCUT2D eigenvalue weighted by Crippen LogP contribution is 2.30. The highest BCUT2D eigenvalue weighted by Gasteiger charge is 2.31. The summed E-state index contributed by atoms with van der Waals surface area (Å²) in [6.45, 7) is 4.38. The van der Waals surface area contributed by atoms with Gasteiger partial charge in [0, 0.05) is 30.7 Å². The van der Waals surface area contributed by atoms with Crippen molar-refractivity contribution in [2.75, 3.05) is 20.2 Å². The number of alkyl halides is 3. The largest absolute Gasteiger partial charge is 0.416 e. The molecule has 0 heterocycles. The Morgan fingerprint density at radius 2 is 1.80 bits per heavy atom. The van der Waals surface area contributed by atoms with Gasteiger partial charge in [-0.25, -0.2) is 4.39 Å². The van der Waals surface area contributed by atoms with Gasteiger partial charge in [0.15, 0.2) is 0 Å². The van der Waals surface area contributed by atoms with Gasteiger partial charge in [-0.2, -0.15) is 13.2 Å². The molecule has 0 aliphatic carbocycles. The Morgan fingerprint density at radius 3 is 2.25 bits per heavy atom. The Balaban J connectivity index is 2.79. The second-order valence-electron chi connectivity index (χ2n) is 5.80. The van der Waals surface area contributed by atoms with Crippen molar-refractivity contribution < 1.29 is 22.7 Å². The molecule has 1 aromatic rings. The molecule has 0 fully saturated rings. The van der Waals surface area contributed by atoms with Gasteiger partial charge in [-0.05, 0) is 19.2 Å². The predicted molar refractivity (Wildman–Crippen MR) is 68.6 cm³/mol. The summed E-state index contributed by atoms with van der Waals surface area (Å²) in [5.41, 5.74) is -1.14. The highest BCUT2D eigenvalue weighted by molar-refractivity contribution is 5.26. The Bertz CT molecular complexity index is 457. The van der Waals surface area contributed by atoms with Crippen molar-refractivity contribution >= 4 is 0 Å². The van der Waals surface area contributed by atoms with Gasteiger partial charge in [-0.1, -0.05) is 19.9 Å². The summed E-state index contributed by atoms with van der Waals surface area (Å²) in [6, 6.07) is 2.55. The number of nitrogens with zero attached hydrogens (tertiary/aromatic N) is 1. The number of rotatable bonds is 5. The summed E-state index contributed by atoms with van der Waals surface area (Å²) in [7, 11) is 1.73. The number of hydrogen-bond donors (Lipinski definition) is 1. The molecule has 0 radical (unpaired) electrons. The number of hydrogen-bond acceptors (Lipinski definition) is 2. The van der Waals surface area contributed by atoms with E-state index in [1.807, 2.05) is 13.8 Å². The van der Waals surface area contributed by atoms with E-state index in [2.05, 4.69) is 0 Å². The number of aliphatic hydroxyl groups excluding tert-OH is 1. The van der Waals surface area contributed by atoms with Gasteiger partial charge >= 0.3 is 6.18 Å². The Labute approximate surface area is 116 Å². The monoisotopic (exact) mass is 293 g/mol. The van der Waals surface area contributed by atoms with Gasteiger partial charge < -0.3 is 10.0 Å². The van der Waals surface area contributed by atoms with Crippen LogP contribution in [0.4, 0.5) is 17.6 Å². The summed E-state index contributed by atoms with van der Waals surface area (Å²) in [5, 5.41) is 9.16. The molecule has 1 N–H and O–H groups in total. The van der Waals surface area contributed by atoms with Crippen molar-refractivity contribution in [2.24, 2.45) is 5.41 Å². The van der Waals surface area contributed by atoms with E-state index in [4.69, 9.17) is 5.11 Å². The molecule has 1 rings (SSSR count). The van der Waals surface area contributed by atoms with Gasteiger partial charge in [0.25, 0.3) is 0 Å². The molecule has 0 unspecified atom stereocenters. The number of aliphatic hydroxyl groups is 1. The lowest BCUT2D eigenvalue weighted by Crippen LogP contribution is -2.33. The lowest BCUT2D eigenvalue weighted by Gasteiger charge is -2.28. The third kappa shape index (κ3) is 4.76. The summed E-state index contributed by atoms with van der Waals surface area (Å²) >= 11 is 0. The van der Waals surface area contributed by atoms with Crippen LogP contribution in [0.5, 0.6) is 0 Å². The van der Waals surface area contributed by atoms with E-state index in [9.17, 15) is 17.6 Å². The van der Waals surface area contributed by atoms with Crippen LogP contribution in [0, 0.1) is 11.2 Å². The average Bonchev–Trinajstić information content (AvgIpc) is 2.29. The van der Waals surface area contributed by atoms with Crippen LogP contribution in [0.2, 0.25) is 0 Å². The van der Waals surface area contributed by atoms with Crippen molar-refractivity contribution in [1.82, 2.24) is 4.90 Å². The normalized spacial score (nSPS) is 13.1. The molecule has 6 heteroatoms. The summed E-state index contributed by atoms with van der Waals surface area (Å²) in [5.74, 6) is -0.867. The first-order valence-corrected chi connectivity index (χ1v) is 6.20. The van der Waals surface area contributed by atoms with Crippen molar-refractivity contribution in [3.8, 4) is 0 Å². The molecule has 0 spiro atoms. The van der Waals surface area contributed by atoms with E-state index < -0.39 is 17.6 Å². The summed E-state index contributed by atoms with van der Waals surface area (Å²) in [4.78, 5) is 1.77. The molecule has 0 aliphatic heterocycles. The fraction of sp³-hybridized carbons (Fsp3) is 0.571.